The van der Waals surface area contributed by atoms with E-state index in [1.54, 1.807) is 4.90 Å². The molecule has 0 aromatic carbocycles. The molecule has 0 unspecified atom stereocenters. The highest BCUT2D eigenvalue weighted by Crippen LogP contribution is 2.25. The number of amides is 1. The maximum absolute atomic E-state index is 12.5. The number of aromatic amines is 1. The molecule has 1 aromatic rings. The van der Waals surface area contributed by atoms with E-state index in [1.165, 1.54) is 0 Å². The summed E-state index contributed by atoms with van der Waals surface area (Å²) in [5.41, 5.74) is 0.479. The second-order valence-electron chi connectivity index (χ2n) is 7.36. The van der Waals surface area contributed by atoms with Gasteiger partial charge in [0, 0.05) is 24.2 Å². The summed E-state index contributed by atoms with van der Waals surface area (Å²) in [6.45, 7) is 7.70. The van der Waals surface area contributed by atoms with Crippen LogP contribution in [0.25, 0.3) is 0 Å². The predicted octanol–water partition coefficient (Wildman–Crippen LogP) is 0.846. The van der Waals surface area contributed by atoms with Crippen molar-refractivity contribution in [1.82, 2.24) is 20.0 Å². The predicted molar refractivity (Wildman–Crippen MR) is 81.3 cm³/mol. The minimum Gasteiger partial charge on any atom is -0.387 e. The number of nitrogens with zero attached hydrogens (tertiary/aromatic N) is 3. The fourth-order valence-corrected chi connectivity index (χ4v) is 2.72. The summed E-state index contributed by atoms with van der Waals surface area (Å²) >= 11 is 0. The summed E-state index contributed by atoms with van der Waals surface area (Å²) in [5, 5.41) is 17.6. The van der Waals surface area contributed by atoms with Crippen LogP contribution in [0.4, 0.5) is 0 Å². The van der Waals surface area contributed by atoms with Crippen LogP contribution in [0.2, 0.25) is 0 Å². The lowest BCUT2D eigenvalue weighted by Gasteiger charge is -2.26. The van der Waals surface area contributed by atoms with Crippen molar-refractivity contribution in [2.45, 2.75) is 38.2 Å². The zero-order valence-corrected chi connectivity index (χ0v) is 13.6. The van der Waals surface area contributed by atoms with E-state index in [0.717, 1.165) is 5.69 Å². The van der Waals surface area contributed by atoms with Crippen LogP contribution in [0.5, 0.6) is 0 Å². The number of aliphatic hydroxyl groups is 1. The van der Waals surface area contributed by atoms with Crippen LogP contribution >= 0.6 is 0 Å². The third kappa shape index (κ3) is 3.63. The maximum Gasteiger partial charge on any atom is 0.274 e. The number of carbonyl (C=O) groups excluding carboxylic acids is 1. The van der Waals surface area contributed by atoms with Crippen LogP contribution in [-0.2, 0) is 5.41 Å². The van der Waals surface area contributed by atoms with Crippen molar-refractivity contribution in [2.75, 3.05) is 33.7 Å². The van der Waals surface area contributed by atoms with Crippen molar-refractivity contribution in [3.8, 4) is 0 Å². The number of carbonyl (C=O) groups is 1. The Morgan fingerprint density at radius 1 is 1.52 bits per heavy atom. The molecule has 2 heterocycles. The minimum atomic E-state index is -0.817. The van der Waals surface area contributed by atoms with E-state index in [-0.39, 0.29) is 11.3 Å². The van der Waals surface area contributed by atoms with Crippen molar-refractivity contribution >= 4 is 5.91 Å². The van der Waals surface area contributed by atoms with Gasteiger partial charge >= 0.3 is 0 Å². The van der Waals surface area contributed by atoms with Gasteiger partial charge in [-0.2, -0.15) is 5.10 Å². The average Bonchev–Trinajstić information content (AvgIpc) is 2.93. The van der Waals surface area contributed by atoms with Crippen molar-refractivity contribution in [1.29, 1.82) is 0 Å². The van der Waals surface area contributed by atoms with Gasteiger partial charge in [0.15, 0.2) is 0 Å². The van der Waals surface area contributed by atoms with Crippen LogP contribution in [0, 0.1) is 0 Å². The summed E-state index contributed by atoms with van der Waals surface area (Å²) in [4.78, 5) is 16.1. The van der Waals surface area contributed by atoms with Crippen LogP contribution in [0.15, 0.2) is 6.07 Å². The lowest BCUT2D eigenvalue weighted by Crippen LogP contribution is -2.43. The highest BCUT2D eigenvalue weighted by molar-refractivity contribution is 5.92. The molecule has 6 nitrogen and oxygen atoms in total. The van der Waals surface area contributed by atoms with Crippen molar-refractivity contribution in [3.63, 3.8) is 0 Å². The molecule has 1 aromatic heterocycles. The Kier molecular flexibility index (Phi) is 4.13. The maximum atomic E-state index is 12.5. The molecule has 1 amide bonds. The first-order valence-electron chi connectivity index (χ1n) is 7.33. The van der Waals surface area contributed by atoms with Gasteiger partial charge in [-0.25, -0.2) is 0 Å². The number of rotatable bonds is 3. The topological polar surface area (TPSA) is 72.5 Å². The molecule has 0 radical (unpaired) electrons. The molecule has 1 fully saturated rings. The molecule has 2 rings (SSSR count). The second-order valence-corrected chi connectivity index (χ2v) is 7.36. The van der Waals surface area contributed by atoms with Gasteiger partial charge in [0.25, 0.3) is 5.91 Å². The summed E-state index contributed by atoms with van der Waals surface area (Å²) in [5.74, 6) is -0.114. The molecule has 1 aliphatic rings. The van der Waals surface area contributed by atoms with E-state index in [1.807, 2.05) is 25.1 Å². The number of aromatic nitrogens is 2. The fraction of sp³-hybridized carbons (Fsp3) is 0.733. The van der Waals surface area contributed by atoms with Crippen LogP contribution < -0.4 is 0 Å². The monoisotopic (exact) mass is 294 g/mol. The first-order chi connectivity index (χ1) is 9.61. The molecule has 0 aliphatic carbocycles. The SMILES string of the molecule is CN(C)C[C@@]1(O)CCN(C(=O)c2cc(C(C)(C)C)[nH]n2)C1. The zero-order chi connectivity index (χ0) is 15.8. The summed E-state index contributed by atoms with van der Waals surface area (Å²) < 4.78 is 0. The number of hydrogen-bond donors (Lipinski definition) is 2. The van der Waals surface area contributed by atoms with Gasteiger partial charge in [0.1, 0.15) is 5.69 Å². The number of β-amino-alcohol motifs (C(OH)–C–C–N with tert-alkyl or cyclic N) is 1. The highest BCUT2D eigenvalue weighted by atomic mass is 16.3. The average molecular weight is 294 g/mol. The van der Waals surface area contributed by atoms with Crippen molar-refractivity contribution < 1.29 is 9.90 Å². The van der Waals surface area contributed by atoms with Gasteiger partial charge in [-0.3, -0.25) is 9.89 Å². The normalized spacial score (nSPS) is 23.1. The fourth-order valence-electron chi connectivity index (χ4n) is 2.72. The third-order valence-corrected chi connectivity index (χ3v) is 3.84. The Bertz CT molecular complexity index is 518. The smallest absolute Gasteiger partial charge is 0.274 e. The Morgan fingerprint density at radius 2 is 2.19 bits per heavy atom. The first kappa shape index (κ1) is 16.0. The Morgan fingerprint density at radius 3 is 2.71 bits per heavy atom. The van der Waals surface area contributed by atoms with E-state index in [9.17, 15) is 9.90 Å². The number of likely N-dealkylation sites (tertiary alicyclic amines) is 1. The van der Waals surface area contributed by atoms with Crippen LogP contribution in [-0.4, -0.2) is 70.3 Å². The minimum absolute atomic E-state index is 0.0673. The number of H-pyrrole nitrogens is 1. The quantitative estimate of drug-likeness (QED) is 0.867. The standard InChI is InChI=1S/C15H26N4O2/c1-14(2,3)12-8-11(16-17-12)13(20)19-7-6-15(21,10-19)9-18(4)5/h8,21H,6-7,9-10H2,1-5H3,(H,16,17)/t15-/m0/s1. The van der Waals surface area contributed by atoms with E-state index in [4.69, 9.17) is 0 Å². The molecule has 118 valence electrons. The van der Waals surface area contributed by atoms with Crippen molar-refractivity contribution in [2.24, 2.45) is 0 Å². The molecule has 0 spiro atoms. The largest absolute Gasteiger partial charge is 0.387 e. The summed E-state index contributed by atoms with van der Waals surface area (Å²) in [6.07, 6.45) is 0.605. The van der Waals surface area contributed by atoms with Gasteiger partial charge in [-0.05, 0) is 26.6 Å². The number of hydrogen-bond acceptors (Lipinski definition) is 4. The van der Waals surface area contributed by atoms with Crippen molar-refractivity contribution in [3.05, 3.63) is 17.5 Å². The van der Waals surface area contributed by atoms with E-state index in [2.05, 4.69) is 31.0 Å². The number of likely N-dealkylation sites (N-methyl/N-ethyl adjacent to an activating group) is 1. The van der Waals surface area contributed by atoms with Gasteiger partial charge in [-0.1, -0.05) is 20.8 Å². The summed E-state index contributed by atoms with van der Waals surface area (Å²) in [6, 6.07) is 1.81. The van der Waals surface area contributed by atoms with E-state index in [0.29, 0.717) is 31.7 Å². The lowest BCUT2D eigenvalue weighted by molar-refractivity contribution is 0.0235. The van der Waals surface area contributed by atoms with Crippen LogP contribution in [0.3, 0.4) is 0 Å². The van der Waals surface area contributed by atoms with Gasteiger partial charge < -0.3 is 14.9 Å². The molecule has 1 aliphatic heterocycles. The zero-order valence-electron chi connectivity index (χ0n) is 13.6. The lowest BCUT2D eigenvalue weighted by atomic mass is 9.92. The van der Waals surface area contributed by atoms with Gasteiger partial charge in [-0.15, -0.1) is 0 Å². The molecule has 0 bridgehead atoms. The Balaban J connectivity index is 2.07. The third-order valence-electron chi connectivity index (χ3n) is 3.84. The molecule has 1 atom stereocenters. The van der Waals surface area contributed by atoms with E-state index < -0.39 is 5.60 Å². The Labute approximate surface area is 126 Å². The highest BCUT2D eigenvalue weighted by Gasteiger charge is 2.39. The first-order valence-corrected chi connectivity index (χ1v) is 7.33. The molecule has 0 saturated carbocycles. The van der Waals surface area contributed by atoms with Gasteiger partial charge in [0.05, 0.1) is 12.1 Å². The molecule has 1 saturated heterocycles. The second kappa shape index (κ2) is 5.42. The summed E-state index contributed by atoms with van der Waals surface area (Å²) in [7, 11) is 3.84. The molecule has 2 N–H and O–H groups in total. The van der Waals surface area contributed by atoms with Gasteiger partial charge in [0.2, 0.25) is 0 Å². The van der Waals surface area contributed by atoms with Crippen LogP contribution in [0.1, 0.15) is 43.4 Å². The molecule has 21 heavy (non-hydrogen) atoms. The Hall–Kier alpha value is -1.40. The molecular formula is C15H26N4O2. The number of nitrogens with one attached hydrogen (secondary N) is 1. The molecule has 6 heteroatoms. The van der Waals surface area contributed by atoms with E-state index >= 15 is 0 Å². The molecular weight excluding hydrogens is 268 g/mol.